The second kappa shape index (κ2) is 6.87. The Labute approximate surface area is 114 Å². The third-order valence-corrected chi connectivity index (χ3v) is 3.44. The minimum absolute atomic E-state index is 0.202. The Balaban J connectivity index is 1.83. The molecule has 0 unspecified atom stereocenters. The van der Waals surface area contributed by atoms with Crippen molar-refractivity contribution in [1.29, 1.82) is 0 Å². The summed E-state index contributed by atoms with van der Waals surface area (Å²) in [6.45, 7) is 2.88. The maximum Gasteiger partial charge on any atom is 0.125 e. The highest BCUT2D eigenvalue weighted by molar-refractivity contribution is 5.48. The zero-order chi connectivity index (χ0) is 13.7. The number of hydrogen-bond acceptors (Lipinski definition) is 3. The van der Waals surface area contributed by atoms with Gasteiger partial charge in [0.1, 0.15) is 5.82 Å². The van der Waals surface area contributed by atoms with Crippen molar-refractivity contribution in [3.05, 3.63) is 29.6 Å². The van der Waals surface area contributed by atoms with Crippen LogP contribution in [0.3, 0.4) is 0 Å². The van der Waals surface area contributed by atoms with Crippen molar-refractivity contribution in [2.24, 2.45) is 11.7 Å². The highest BCUT2D eigenvalue weighted by Crippen LogP contribution is 2.28. The van der Waals surface area contributed by atoms with Crippen LogP contribution in [0, 0.1) is 11.7 Å². The van der Waals surface area contributed by atoms with Gasteiger partial charge in [0.15, 0.2) is 0 Å². The number of hydrogen-bond donors (Lipinski definition) is 1. The summed E-state index contributed by atoms with van der Waals surface area (Å²) in [4.78, 5) is 2.02. The van der Waals surface area contributed by atoms with E-state index >= 15 is 0 Å². The fraction of sp³-hybridized carbons (Fsp3) is 0.600. The molecule has 2 N–H and O–H groups in total. The van der Waals surface area contributed by atoms with Crippen LogP contribution in [-0.2, 0) is 11.2 Å². The van der Waals surface area contributed by atoms with E-state index in [9.17, 15) is 4.39 Å². The van der Waals surface area contributed by atoms with Crippen LogP contribution in [0.25, 0.3) is 0 Å². The first-order chi connectivity index (χ1) is 9.19. The molecule has 1 aliphatic rings. The summed E-state index contributed by atoms with van der Waals surface area (Å²) in [6, 6.07) is 5.10. The number of benzene rings is 1. The molecule has 0 aromatic heterocycles. The maximum absolute atomic E-state index is 13.5. The first kappa shape index (κ1) is 14.3. The largest absolute Gasteiger partial charge is 0.379 e. The number of ether oxygens (including phenoxy) is 1. The fourth-order valence-corrected chi connectivity index (χ4v) is 2.03. The molecule has 1 aromatic carbocycles. The molecule has 3 nitrogen and oxygen atoms in total. The average molecular weight is 266 g/mol. The maximum atomic E-state index is 13.5. The van der Waals surface area contributed by atoms with Crippen molar-refractivity contribution in [3.63, 3.8) is 0 Å². The number of nitrogens with two attached hydrogens (primary N) is 1. The minimum Gasteiger partial charge on any atom is -0.379 e. The van der Waals surface area contributed by atoms with Gasteiger partial charge >= 0.3 is 0 Å². The molecule has 1 fully saturated rings. The Morgan fingerprint density at radius 3 is 2.84 bits per heavy atom. The molecule has 2 rings (SSSR count). The first-order valence-electron chi connectivity index (χ1n) is 6.97. The number of likely N-dealkylation sites (N-methyl/N-ethyl adjacent to an activating group) is 1. The van der Waals surface area contributed by atoms with Crippen molar-refractivity contribution in [3.8, 4) is 0 Å². The molecule has 4 heteroatoms. The molecule has 0 atom stereocenters. The Hall–Kier alpha value is -1.13. The summed E-state index contributed by atoms with van der Waals surface area (Å²) < 4.78 is 19.1. The second-order valence-corrected chi connectivity index (χ2v) is 5.30. The molecule has 1 aliphatic carbocycles. The van der Waals surface area contributed by atoms with Crippen molar-refractivity contribution in [1.82, 2.24) is 0 Å². The van der Waals surface area contributed by atoms with Crippen molar-refractivity contribution >= 4 is 5.69 Å². The first-order valence-corrected chi connectivity index (χ1v) is 6.97. The molecule has 0 heterocycles. The smallest absolute Gasteiger partial charge is 0.125 e. The molecule has 0 spiro atoms. The van der Waals surface area contributed by atoms with Gasteiger partial charge < -0.3 is 15.4 Å². The highest BCUT2D eigenvalue weighted by atomic mass is 19.1. The summed E-state index contributed by atoms with van der Waals surface area (Å²) in [5, 5.41) is 0. The van der Waals surface area contributed by atoms with Crippen LogP contribution in [-0.4, -0.2) is 33.4 Å². The van der Waals surface area contributed by atoms with Gasteiger partial charge in [0.2, 0.25) is 0 Å². The zero-order valence-corrected chi connectivity index (χ0v) is 11.6. The standard InChI is InChI=1S/C15H23FN2O/c1-18(6-7-19-11-12-2-3-12)15-9-13(4-5-17)8-14(16)10-15/h8-10,12H,2-7,11,17H2,1H3. The van der Waals surface area contributed by atoms with Crippen LogP contribution in [0.5, 0.6) is 0 Å². The van der Waals surface area contributed by atoms with Gasteiger partial charge in [-0.05, 0) is 55.5 Å². The monoisotopic (exact) mass is 266 g/mol. The lowest BCUT2D eigenvalue weighted by Crippen LogP contribution is -2.23. The van der Waals surface area contributed by atoms with E-state index in [0.29, 0.717) is 19.6 Å². The van der Waals surface area contributed by atoms with Crippen LogP contribution in [0.2, 0.25) is 0 Å². The van der Waals surface area contributed by atoms with Crippen molar-refractivity contribution in [2.45, 2.75) is 19.3 Å². The van der Waals surface area contributed by atoms with Gasteiger partial charge in [-0.15, -0.1) is 0 Å². The van der Waals surface area contributed by atoms with Gasteiger partial charge in [-0.25, -0.2) is 4.39 Å². The van der Waals surface area contributed by atoms with E-state index in [1.54, 1.807) is 12.1 Å². The lowest BCUT2D eigenvalue weighted by molar-refractivity contribution is 0.131. The molecule has 0 bridgehead atoms. The Bertz CT molecular complexity index is 407. The number of anilines is 1. The van der Waals surface area contributed by atoms with E-state index in [4.69, 9.17) is 10.5 Å². The van der Waals surface area contributed by atoms with Gasteiger partial charge in [0.25, 0.3) is 0 Å². The molecule has 0 amide bonds. The second-order valence-electron chi connectivity index (χ2n) is 5.30. The lowest BCUT2D eigenvalue weighted by Gasteiger charge is -2.20. The fourth-order valence-electron chi connectivity index (χ4n) is 2.03. The summed E-state index contributed by atoms with van der Waals surface area (Å²) in [7, 11) is 1.96. The predicted molar refractivity (Wildman–Crippen MR) is 76.0 cm³/mol. The van der Waals surface area contributed by atoms with E-state index in [0.717, 1.165) is 30.3 Å². The molecule has 19 heavy (non-hydrogen) atoms. The Morgan fingerprint density at radius 2 is 2.16 bits per heavy atom. The molecular weight excluding hydrogens is 243 g/mol. The van der Waals surface area contributed by atoms with E-state index in [-0.39, 0.29) is 5.82 Å². The van der Waals surface area contributed by atoms with Crippen LogP contribution in [0.1, 0.15) is 18.4 Å². The minimum atomic E-state index is -0.202. The summed E-state index contributed by atoms with van der Waals surface area (Å²) >= 11 is 0. The van der Waals surface area contributed by atoms with Gasteiger partial charge in [-0.3, -0.25) is 0 Å². The molecule has 1 saturated carbocycles. The van der Waals surface area contributed by atoms with Gasteiger partial charge in [-0.2, -0.15) is 0 Å². The van der Waals surface area contributed by atoms with Crippen LogP contribution in [0.4, 0.5) is 10.1 Å². The van der Waals surface area contributed by atoms with Crippen LogP contribution < -0.4 is 10.6 Å². The van der Waals surface area contributed by atoms with Crippen molar-refractivity contribution in [2.75, 3.05) is 38.3 Å². The van der Waals surface area contributed by atoms with Gasteiger partial charge in [-0.1, -0.05) is 0 Å². The third-order valence-electron chi connectivity index (χ3n) is 3.44. The number of rotatable bonds is 8. The van der Waals surface area contributed by atoms with Crippen LogP contribution in [0.15, 0.2) is 18.2 Å². The van der Waals surface area contributed by atoms with E-state index in [1.807, 2.05) is 18.0 Å². The van der Waals surface area contributed by atoms with Crippen LogP contribution >= 0.6 is 0 Å². The number of nitrogens with zero attached hydrogens (tertiary/aromatic N) is 1. The highest BCUT2D eigenvalue weighted by Gasteiger charge is 2.20. The SMILES string of the molecule is CN(CCOCC1CC1)c1cc(F)cc(CCN)c1. The summed E-state index contributed by atoms with van der Waals surface area (Å²) in [5.74, 6) is 0.585. The Kier molecular flexibility index (Phi) is 5.16. The summed E-state index contributed by atoms with van der Waals surface area (Å²) in [5.41, 5.74) is 7.35. The molecule has 0 aliphatic heterocycles. The van der Waals surface area contributed by atoms with Gasteiger partial charge in [0.05, 0.1) is 6.61 Å². The van der Waals surface area contributed by atoms with Crippen molar-refractivity contribution < 1.29 is 9.13 Å². The topological polar surface area (TPSA) is 38.5 Å². The van der Waals surface area contributed by atoms with E-state index < -0.39 is 0 Å². The quantitative estimate of drug-likeness (QED) is 0.733. The van der Waals surface area contributed by atoms with E-state index in [1.165, 1.54) is 12.8 Å². The zero-order valence-electron chi connectivity index (χ0n) is 11.6. The molecular formula is C15H23FN2O. The molecule has 0 radical (unpaired) electrons. The predicted octanol–water partition coefficient (Wildman–Crippen LogP) is 2.19. The molecule has 1 aromatic rings. The van der Waals surface area contributed by atoms with E-state index in [2.05, 4.69) is 0 Å². The normalized spacial score (nSPS) is 14.7. The number of halogens is 1. The average Bonchev–Trinajstić information content (AvgIpc) is 3.18. The van der Waals surface area contributed by atoms with Gasteiger partial charge in [0, 0.05) is 25.9 Å². The molecule has 0 saturated heterocycles. The third kappa shape index (κ3) is 4.80. The summed E-state index contributed by atoms with van der Waals surface area (Å²) in [6.07, 6.45) is 3.32. The lowest BCUT2D eigenvalue weighted by atomic mass is 10.1. The Morgan fingerprint density at radius 1 is 1.37 bits per heavy atom. The molecule has 106 valence electrons.